The molecule has 3 rings (SSSR count). The molecule has 0 bridgehead atoms. The summed E-state index contributed by atoms with van der Waals surface area (Å²) in [6.07, 6.45) is 0.301. The molecule has 120 valence electrons. The molecule has 23 heavy (non-hydrogen) atoms. The van der Waals surface area contributed by atoms with E-state index >= 15 is 0 Å². The van der Waals surface area contributed by atoms with Gasteiger partial charge < -0.3 is 20.3 Å². The Balaban J connectivity index is 1.86. The standard InChI is InChI=1S/C16H17N3O4/c1-19-13-5-3-2-4-9(13)6-11(15(19)21)14(20)18-10-7-12(16(22)23)17-8-10/h2-6,10,12,17H,7-8H2,1H3,(H,18,20)(H,22,23)/t10-,12-/m0/s1. The zero-order valence-corrected chi connectivity index (χ0v) is 12.6. The predicted molar refractivity (Wildman–Crippen MR) is 84.5 cm³/mol. The Hall–Kier alpha value is -2.67. The minimum absolute atomic E-state index is 0.0602. The number of aliphatic carboxylic acids is 1. The lowest BCUT2D eigenvalue weighted by molar-refractivity contribution is -0.139. The van der Waals surface area contributed by atoms with Crippen LogP contribution in [0.5, 0.6) is 0 Å². The lowest BCUT2D eigenvalue weighted by Crippen LogP contribution is -2.39. The fourth-order valence-corrected chi connectivity index (χ4v) is 2.88. The van der Waals surface area contributed by atoms with Gasteiger partial charge in [0.2, 0.25) is 0 Å². The van der Waals surface area contributed by atoms with Gasteiger partial charge in [0.05, 0.1) is 5.52 Å². The third kappa shape index (κ3) is 2.83. The fraction of sp³-hybridized carbons (Fsp3) is 0.312. The Labute approximate surface area is 131 Å². The van der Waals surface area contributed by atoms with Crippen molar-refractivity contribution in [2.24, 2.45) is 7.05 Å². The van der Waals surface area contributed by atoms with Crippen molar-refractivity contribution in [3.63, 3.8) is 0 Å². The van der Waals surface area contributed by atoms with Crippen molar-refractivity contribution in [2.75, 3.05) is 6.54 Å². The molecule has 2 atom stereocenters. The number of carboxylic acids is 1. The summed E-state index contributed by atoms with van der Waals surface area (Å²) in [6.45, 7) is 0.372. The van der Waals surface area contributed by atoms with E-state index in [1.54, 1.807) is 13.1 Å². The maximum absolute atomic E-state index is 12.4. The Morgan fingerprint density at radius 1 is 1.35 bits per heavy atom. The molecule has 2 aromatic rings. The summed E-state index contributed by atoms with van der Waals surface area (Å²) in [4.78, 5) is 35.7. The van der Waals surface area contributed by atoms with E-state index in [9.17, 15) is 14.4 Å². The van der Waals surface area contributed by atoms with Gasteiger partial charge in [-0.05, 0) is 23.9 Å². The van der Waals surface area contributed by atoms with Crippen LogP contribution in [0, 0.1) is 0 Å². The third-order valence-electron chi connectivity index (χ3n) is 4.14. The first-order valence-electron chi connectivity index (χ1n) is 7.33. The second-order valence-electron chi connectivity index (χ2n) is 5.69. The number of carbonyl (C=O) groups is 2. The molecule has 1 aliphatic rings. The predicted octanol–water partition coefficient (Wildman–Crippen LogP) is 0.0834. The van der Waals surface area contributed by atoms with Crippen LogP contribution in [0.4, 0.5) is 0 Å². The number of aromatic nitrogens is 1. The second kappa shape index (κ2) is 5.85. The highest BCUT2D eigenvalue weighted by atomic mass is 16.4. The normalized spacial score (nSPS) is 20.6. The molecular weight excluding hydrogens is 298 g/mol. The molecule has 2 heterocycles. The molecular formula is C16H17N3O4. The number of hydrogen-bond acceptors (Lipinski definition) is 4. The number of nitrogens with zero attached hydrogens (tertiary/aromatic N) is 1. The first-order valence-corrected chi connectivity index (χ1v) is 7.33. The van der Waals surface area contributed by atoms with E-state index in [0.717, 1.165) is 10.9 Å². The molecule has 1 saturated heterocycles. The van der Waals surface area contributed by atoms with Gasteiger partial charge in [-0.3, -0.25) is 14.4 Å². The number of carbonyl (C=O) groups excluding carboxylic acids is 1. The monoisotopic (exact) mass is 315 g/mol. The first-order chi connectivity index (χ1) is 11.0. The highest BCUT2D eigenvalue weighted by Gasteiger charge is 2.30. The molecule has 0 radical (unpaired) electrons. The van der Waals surface area contributed by atoms with Crippen LogP contribution in [0.3, 0.4) is 0 Å². The van der Waals surface area contributed by atoms with Crippen LogP contribution in [0.15, 0.2) is 35.1 Å². The van der Waals surface area contributed by atoms with Crippen LogP contribution < -0.4 is 16.2 Å². The van der Waals surface area contributed by atoms with Gasteiger partial charge in [-0.2, -0.15) is 0 Å². The van der Waals surface area contributed by atoms with Crippen molar-refractivity contribution in [1.82, 2.24) is 15.2 Å². The third-order valence-corrected chi connectivity index (χ3v) is 4.14. The van der Waals surface area contributed by atoms with E-state index in [4.69, 9.17) is 5.11 Å². The van der Waals surface area contributed by atoms with Crippen molar-refractivity contribution in [2.45, 2.75) is 18.5 Å². The smallest absolute Gasteiger partial charge is 0.320 e. The zero-order valence-electron chi connectivity index (χ0n) is 12.6. The number of benzene rings is 1. The molecule has 1 aliphatic heterocycles. The number of carboxylic acid groups (broad SMARTS) is 1. The number of amides is 1. The lowest BCUT2D eigenvalue weighted by atomic mass is 10.1. The Morgan fingerprint density at radius 2 is 2.09 bits per heavy atom. The van der Waals surface area contributed by atoms with E-state index in [0.29, 0.717) is 13.0 Å². The summed E-state index contributed by atoms with van der Waals surface area (Å²) in [5.41, 5.74) is 0.439. The van der Waals surface area contributed by atoms with Crippen LogP contribution in [0.2, 0.25) is 0 Å². The quantitative estimate of drug-likeness (QED) is 0.745. The van der Waals surface area contributed by atoms with Crippen molar-refractivity contribution < 1.29 is 14.7 Å². The van der Waals surface area contributed by atoms with E-state index in [1.165, 1.54) is 4.57 Å². The second-order valence-corrected chi connectivity index (χ2v) is 5.69. The van der Waals surface area contributed by atoms with Gasteiger partial charge in [-0.1, -0.05) is 18.2 Å². The minimum atomic E-state index is -0.941. The lowest BCUT2D eigenvalue weighted by Gasteiger charge is -2.13. The summed E-state index contributed by atoms with van der Waals surface area (Å²) >= 11 is 0. The van der Waals surface area contributed by atoms with Crippen LogP contribution >= 0.6 is 0 Å². The molecule has 0 unspecified atom stereocenters. The van der Waals surface area contributed by atoms with Gasteiger partial charge in [0, 0.05) is 19.6 Å². The molecule has 1 aromatic carbocycles. The topological polar surface area (TPSA) is 100 Å². The summed E-state index contributed by atoms with van der Waals surface area (Å²) < 4.78 is 1.44. The number of nitrogens with one attached hydrogen (secondary N) is 2. The van der Waals surface area contributed by atoms with Crippen LogP contribution in [-0.2, 0) is 11.8 Å². The largest absolute Gasteiger partial charge is 0.480 e. The number of para-hydroxylation sites is 1. The molecule has 1 aromatic heterocycles. The summed E-state index contributed by atoms with van der Waals surface area (Å²) in [5, 5.41) is 15.3. The molecule has 0 aliphatic carbocycles. The van der Waals surface area contributed by atoms with E-state index in [-0.39, 0.29) is 17.2 Å². The average molecular weight is 315 g/mol. The molecule has 7 nitrogen and oxygen atoms in total. The highest BCUT2D eigenvalue weighted by molar-refractivity contribution is 5.97. The number of aryl methyl sites for hydroxylation is 1. The average Bonchev–Trinajstić information content (AvgIpc) is 2.99. The van der Waals surface area contributed by atoms with E-state index in [1.807, 2.05) is 24.3 Å². The SMILES string of the molecule is Cn1c(=O)c(C(=O)N[C@@H]2CN[C@H](C(=O)O)C2)cc2ccccc21. The number of pyridine rings is 1. The maximum atomic E-state index is 12.4. The highest BCUT2D eigenvalue weighted by Crippen LogP contribution is 2.13. The van der Waals surface area contributed by atoms with Crippen LogP contribution in [-0.4, -0.2) is 40.2 Å². The maximum Gasteiger partial charge on any atom is 0.320 e. The summed E-state index contributed by atoms with van der Waals surface area (Å²) in [6, 6.07) is 7.92. The summed E-state index contributed by atoms with van der Waals surface area (Å²) in [5.74, 6) is -1.42. The molecule has 7 heteroatoms. The van der Waals surface area contributed by atoms with Gasteiger partial charge in [0.15, 0.2) is 0 Å². The Bertz CT molecular complexity index is 843. The fourth-order valence-electron chi connectivity index (χ4n) is 2.88. The number of hydrogen-bond donors (Lipinski definition) is 3. The van der Waals surface area contributed by atoms with Crippen LogP contribution in [0.1, 0.15) is 16.8 Å². The van der Waals surface area contributed by atoms with Crippen molar-refractivity contribution in [3.8, 4) is 0 Å². The molecule has 0 saturated carbocycles. The van der Waals surface area contributed by atoms with Gasteiger partial charge in [-0.25, -0.2) is 0 Å². The van der Waals surface area contributed by atoms with Crippen molar-refractivity contribution >= 4 is 22.8 Å². The van der Waals surface area contributed by atoms with Gasteiger partial charge in [0.1, 0.15) is 11.6 Å². The number of rotatable bonds is 3. The summed E-state index contributed by atoms with van der Waals surface area (Å²) in [7, 11) is 1.62. The number of fused-ring (bicyclic) bond motifs is 1. The van der Waals surface area contributed by atoms with Crippen molar-refractivity contribution in [3.05, 3.63) is 46.2 Å². The minimum Gasteiger partial charge on any atom is -0.480 e. The molecule has 1 amide bonds. The van der Waals surface area contributed by atoms with E-state index in [2.05, 4.69) is 10.6 Å². The van der Waals surface area contributed by atoms with Gasteiger partial charge in [0.25, 0.3) is 11.5 Å². The van der Waals surface area contributed by atoms with Crippen molar-refractivity contribution in [1.29, 1.82) is 0 Å². The molecule has 1 fully saturated rings. The molecule has 3 N–H and O–H groups in total. The van der Waals surface area contributed by atoms with E-state index < -0.39 is 17.9 Å². The van der Waals surface area contributed by atoms with Crippen LogP contribution in [0.25, 0.3) is 10.9 Å². The first kappa shape index (κ1) is 15.2. The Kier molecular flexibility index (Phi) is 3.87. The zero-order chi connectivity index (χ0) is 16.6. The van der Waals surface area contributed by atoms with Gasteiger partial charge in [-0.15, -0.1) is 0 Å². The Morgan fingerprint density at radius 3 is 2.78 bits per heavy atom. The molecule has 0 spiro atoms. The van der Waals surface area contributed by atoms with Gasteiger partial charge >= 0.3 is 5.97 Å².